The van der Waals surface area contributed by atoms with Crippen LogP contribution in [0, 0.1) is 5.41 Å². The lowest BCUT2D eigenvalue weighted by atomic mass is 9.78. The summed E-state index contributed by atoms with van der Waals surface area (Å²) in [5.41, 5.74) is 0.877. The average molecular weight is 226 g/mol. The number of hydrogen-bond acceptors (Lipinski definition) is 2. The molecule has 1 N–H and O–H groups in total. The first-order valence-corrected chi connectivity index (χ1v) is 6.82. The summed E-state index contributed by atoms with van der Waals surface area (Å²) in [6, 6.07) is 0. The van der Waals surface area contributed by atoms with Gasteiger partial charge in [-0.1, -0.05) is 20.3 Å². The lowest BCUT2D eigenvalue weighted by molar-refractivity contribution is 0.114. The third-order valence-corrected chi connectivity index (χ3v) is 4.00. The molecule has 0 amide bonds. The van der Waals surface area contributed by atoms with E-state index in [0.29, 0.717) is 5.41 Å². The van der Waals surface area contributed by atoms with Crippen LogP contribution in [0.3, 0.4) is 0 Å². The normalized spacial score (nSPS) is 22.3. The molecule has 1 aliphatic rings. The minimum Gasteiger partial charge on any atom is -0.311 e. The third-order valence-electron chi connectivity index (χ3n) is 4.00. The Kier molecular flexibility index (Phi) is 4.81. The maximum absolute atomic E-state index is 3.56. The minimum atomic E-state index is 0.258. The molecule has 0 spiro atoms. The van der Waals surface area contributed by atoms with Crippen LogP contribution in [0.5, 0.6) is 0 Å². The van der Waals surface area contributed by atoms with Crippen LogP contribution in [0.15, 0.2) is 0 Å². The zero-order chi connectivity index (χ0) is 12.2. The Morgan fingerprint density at radius 3 is 2.19 bits per heavy atom. The van der Waals surface area contributed by atoms with E-state index in [1.807, 2.05) is 0 Å². The maximum Gasteiger partial charge on any atom is 0.0107 e. The van der Waals surface area contributed by atoms with Crippen LogP contribution < -0.4 is 5.32 Å². The third kappa shape index (κ3) is 4.84. The fraction of sp³-hybridized carbons (Fsp3) is 1.00. The number of nitrogens with zero attached hydrogens (tertiary/aromatic N) is 1. The molecule has 2 heteroatoms. The van der Waals surface area contributed by atoms with Crippen molar-refractivity contribution in [2.75, 3.05) is 26.2 Å². The molecule has 0 aromatic rings. The quantitative estimate of drug-likeness (QED) is 0.793. The molecule has 1 fully saturated rings. The molecule has 0 bridgehead atoms. The molecule has 0 aromatic carbocycles. The van der Waals surface area contributed by atoms with Crippen LogP contribution in [0.4, 0.5) is 0 Å². The van der Waals surface area contributed by atoms with Gasteiger partial charge in [0.15, 0.2) is 0 Å². The fourth-order valence-electron chi connectivity index (χ4n) is 2.26. The summed E-state index contributed by atoms with van der Waals surface area (Å²) in [7, 11) is 0. The molecule has 2 nitrogen and oxygen atoms in total. The molecular formula is C14H30N2. The van der Waals surface area contributed by atoms with Gasteiger partial charge in [0.1, 0.15) is 0 Å². The van der Waals surface area contributed by atoms with Crippen molar-refractivity contribution in [3.05, 3.63) is 0 Å². The van der Waals surface area contributed by atoms with Gasteiger partial charge in [0.2, 0.25) is 0 Å². The van der Waals surface area contributed by atoms with Crippen molar-refractivity contribution in [2.24, 2.45) is 5.41 Å². The van der Waals surface area contributed by atoms with Gasteiger partial charge in [-0.15, -0.1) is 0 Å². The van der Waals surface area contributed by atoms with Crippen molar-refractivity contribution in [3.63, 3.8) is 0 Å². The zero-order valence-electron chi connectivity index (χ0n) is 11.9. The molecule has 0 radical (unpaired) electrons. The van der Waals surface area contributed by atoms with E-state index in [1.54, 1.807) is 0 Å². The second-order valence-corrected chi connectivity index (χ2v) is 6.68. The van der Waals surface area contributed by atoms with Gasteiger partial charge in [-0.2, -0.15) is 0 Å². The molecule has 0 saturated carbocycles. The van der Waals surface area contributed by atoms with Crippen molar-refractivity contribution in [2.45, 2.75) is 59.4 Å². The molecule has 16 heavy (non-hydrogen) atoms. The Labute approximate surface area is 102 Å². The molecule has 0 atom stereocenters. The number of rotatable bonds is 4. The first-order valence-electron chi connectivity index (χ1n) is 6.82. The molecule has 1 rings (SSSR count). The van der Waals surface area contributed by atoms with E-state index in [0.717, 1.165) is 6.54 Å². The monoisotopic (exact) mass is 226 g/mol. The predicted molar refractivity (Wildman–Crippen MR) is 71.8 cm³/mol. The Morgan fingerprint density at radius 2 is 1.75 bits per heavy atom. The smallest absolute Gasteiger partial charge is 0.0107 e. The van der Waals surface area contributed by atoms with E-state index in [9.17, 15) is 0 Å². The topological polar surface area (TPSA) is 15.3 Å². The number of hydrogen-bond donors (Lipinski definition) is 1. The Morgan fingerprint density at radius 1 is 1.19 bits per heavy atom. The van der Waals surface area contributed by atoms with Crippen LogP contribution in [0.1, 0.15) is 53.9 Å². The van der Waals surface area contributed by atoms with Gasteiger partial charge in [0.05, 0.1) is 0 Å². The molecule has 1 saturated heterocycles. The summed E-state index contributed by atoms with van der Waals surface area (Å²) in [4.78, 5) is 2.61. The molecule has 0 unspecified atom stereocenters. The second kappa shape index (κ2) is 5.50. The van der Waals surface area contributed by atoms with E-state index in [-0.39, 0.29) is 5.54 Å². The molecule has 0 aromatic heterocycles. The highest BCUT2D eigenvalue weighted by atomic mass is 15.1. The highest BCUT2D eigenvalue weighted by Crippen LogP contribution is 2.33. The zero-order valence-corrected chi connectivity index (χ0v) is 11.9. The predicted octanol–water partition coefficient (Wildman–Crippen LogP) is 2.89. The van der Waals surface area contributed by atoms with Gasteiger partial charge in [-0.3, -0.25) is 0 Å². The van der Waals surface area contributed by atoms with Crippen LogP contribution in [0.25, 0.3) is 0 Å². The van der Waals surface area contributed by atoms with Gasteiger partial charge in [-0.05, 0) is 52.1 Å². The van der Waals surface area contributed by atoms with E-state index in [1.165, 1.54) is 38.9 Å². The van der Waals surface area contributed by atoms with E-state index in [2.05, 4.69) is 44.8 Å². The van der Waals surface area contributed by atoms with Gasteiger partial charge in [-0.25, -0.2) is 0 Å². The summed E-state index contributed by atoms with van der Waals surface area (Å²) < 4.78 is 0. The Hall–Kier alpha value is -0.0800. The molecular weight excluding hydrogens is 196 g/mol. The van der Waals surface area contributed by atoms with Crippen LogP contribution in [-0.2, 0) is 0 Å². The fourth-order valence-corrected chi connectivity index (χ4v) is 2.26. The summed E-state index contributed by atoms with van der Waals surface area (Å²) in [5.74, 6) is 0. The molecule has 1 aliphatic heterocycles. The summed E-state index contributed by atoms with van der Waals surface area (Å²) in [5, 5.41) is 3.56. The number of piperidine rings is 1. The van der Waals surface area contributed by atoms with Crippen molar-refractivity contribution < 1.29 is 0 Å². The highest BCUT2D eigenvalue weighted by Gasteiger charge is 2.27. The average Bonchev–Trinajstić information content (AvgIpc) is 2.20. The SMILES string of the molecule is CCC1(C)CCN(CCNC(C)(C)C)CC1. The van der Waals surface area contributed by atoms with Gasteiger partial charge < -0.3 is 10.2 Å². The summed E-state index contributed by atoms with van der Waals surface area (Å²) in [6.45, 7) is 16.4. The molecule has 0 aliphatic carbocycles. The highest BCUT2D eigenvalue weighted by molar-refractivity contribution is 4.82. The maximum atomic E-state index is 3.56. The Bertz CT molecular complexity index is 197. The first-order chi connectivity index (χ1) is 7.35. The van der Waals surface area contributed by atoms with Gasteiger partial charge in [0.25, 0.3) is 0 Å². The van der Waals surface area contributed by atoms with Crippen molar-refractivity contribution >= 4 is 0 Å². The van der Waals surface area contributed by atoms with Crippen molar-refractivity contribution in [1.29, 1.82) is 0 Å². The first kappa shape index (κ1) is 14.0. The standard InChI is InChI=1S/C14H30N2/c1-6-14(5)7-10-16(11-8-14)12-9-15-13(2,3)4/h15H,6-12H2,1-5H3. The van der Waals surface area contributed by atoms with E-state index < -0.39 is 0 Å². The van der Waals surface area contributed by atoms with Crippen molar-refractivity contribution in [1.82, 2.24) is 10.2 Å². The van der Waals surface area contributed by atoms with Crippen LogP contribution in [0.2, 0.25) is 0 Å². The molecule has 96 valence electrons. The minimum absolute atomic E-state index is 0.258. The van der Waals surface area contributed by atoms with Crippen LogP contribution in [-0.4, -0.2) is 36.6 Å². The lowest BCUT2D eigenvalue weighted by Crippen LogP contribution is -2.45. The van der Waals surface area contributed by atoms with Gasteiger partial charge in [0, 0.05) is 18.6 Å². The van der Waals surface area contributed by atoms with Crippen LogP contribution >= 0.6 is 0 Å². The summed E-state index contributed by atoms with van der Waals surface area (Å²) >= 11 is 0. The van der Waals surface area contributed by atoms with E-state index >= 15 is 0 Å². The lowest BCUT2D eigenvalue weighted by Gasteiger charge is -2.39. The number of nitrogens with one attached hydrogen (secondary N) is 1. The number of likely N-dealkylation sites (tertiary alicyclic amines) is 1. The van der Waals surface area contributed by atoms with Crippen molar-refractivity contribution in [3.8, 4) is 0 Å². The largest absolute Gasteiger partial charge is 0.311 e. The second-order valence-electron chi connectivity index (χ2n) is 6.68. The molecule has 1 heterocycles. The summed E-state index contributed by atoms with van der Waals surface area (Å²) in [6.07, 6.45) is 4.08. The Balaban J connectivity index is 2.18. The van der Waals surface area contributed by atoms with E-state index in [4.69, 9.17) is 0 Å². The van der Waals surface area contributed by atoms with Gasteiger partial charge >= 0.3 is 0 Å².